The van der Waals surface area contributed by atoms with Crippen LogP contribution in [0, 0.1) is 34.0 Å². The third-order valence-electron chi connectivity index (χ3n) is 1.52. The van der Waals surface area contributed by atoms with Gasteiger partial charge in [0.25, 0.3) is 5.60 Å². The van der Waals surface area contributed by atoms with E-state index in [0.29, 0.717) is 0 Å². The highest BCUT2D eigenvalue weighted by Gasteiger charge is 2.70. The molecule has 0 bridgehead atoms. The molecular formula is C6H3N3O. The van der Waals surface area contributed by atoms with Gasteiger partial charge in [-0.05, 0) is 6.92 Å². The second-order valence-electron chi connectivity index (χ2n) is 2.15. The summed E-state index contributed by atoms with van der Waals surface area (Å²) < 4.78 is 4.66. The summed E-state index contributed by atoms with van der Waals surface area (Å²) in [4.78, 5) is 0. The fourth-order valence-corrected chi connectivity index (χ4v) is 0.666. The van der Waals surface area contributed by atoms with Crippen molar-refractivity contribution in [2.45, 2.75) is 18.1 Å². The largest absolute Gasteiger partial charge is 0.318 e. The highest BCUT2D eigenvalue weighted by molar-refractivity contribution is 5.42. The lowest BCUT2D eigenvalue weighted by atomic mass is 9.99. The third-order valence-corrected chi connectivity index (χ3v) is 1.52. The fourth-order valence-electron chi connectivity index (χ4n) is 0.666. The number of nitriles is 3. The lowest BCUT2D eigenvalue weighted by Gasteiger charge is -1.87. The predicted octanol–water partition coefficient (Wildman–Crippen LogP) is 0.0848. The maximum Gasteiger partial charge on any atom is 0.285 e. The van der Waals surface area contributed by atoms with Gasteiger partial charge in [0.1, 0.15) is 18.2 Å². The molecule has 0 aliphatic carbocycles. The standard InChI is InChI=1S/C6H3N3O/c1-5(2-7)6(3-8,4-9)10-5/h1H3. The fraction of sp³-hybridized carbons (Fsp3) is 0.500. The molecular weight excluding hydrogens is 130 g/mol. The molecule has 1 aliphatic heterocycles. The van der Waals surface area contributed by atoms with Crippen LogP contribution in [0.2, 0.25) is 0 Å². The molecule has 0 N–H and O–H groups in total. The quantitative estimate of drug-likeness (QED) is 0.438. The first-order chi connectivity index (χ1) is 4.64. The molecule has 0 aromatic rings. The molecule has 1 fully saturated rings. The molecule has 4 nitrogen and oxygen atoms in total. The van der Waals surface area contributed by atoms with Crippen molar-refractivity contribution >= 4 is 0 Å². The van der Waals surface area contributed by atoms with E-state index < -0.39 is 11.2 Å². The summed E-state index contributed by atoms with van der Waals surface area (Å²) in [5.74, 6) is 0. The molecule has 10 heavy (non-hydrogen) atoms. The van der Waals surface area contributed by atoms with Gasteiger partial charge in [0.05, 0.1) is 0 Å². The summed E-state index contributed by atoms with van der Waals surface area (Å²) in [5.41, 5.74) is -2.72. The Morgan fingerprint density at radius 3 is 1.70 bits per heavy atom. The highest BCUT2D eigenvalue weighted by Crippen LogP contribution is 2.46. The van der Waals surface area contributed by atoms with Crippen LogP contribution in [-0.4, -0.2) is 11.2 Å². The summed E-state index contributed by atoms with van der Waals surface area (Å²) in [5, 5.41) is 25.1. The Hall–Kier alpha value is -1.57. The molecule has 0 aromatic heterocycles. The first-order valence-electron chi connectivity index (χ1n) is 2.58. The van der Waals surface area contributed by atoms with Crippen LogP contribution in [0.25, 0.3) is 0 Å². The molecule has 1 atom stereocenters. The average molecular weight is 133 g/mol. The Bertz CT molecular complexity index is 276. The molecule has 0 radical (unpaired) electrons. The van der Waals surface area contributed by atoms with Crippen molar-refractivity contribution in [3.63, 3.8) is 0 Å². The van der Waals surface area contributed by atoms with Gasteiger partial charge < -0.3 is 4.74 Å². The number of nitrogens with zero attached hydrogens (tertiary/aromatic N) is 3. The molecule has 1 aliphatic rings. The zero-order valence-corrected chi connectivity index (χ0v) is 5.25. The van der Waals surface area contributed by atoms with Crippen molar-refractivity contribution in [2.24, 2.45) is 0 Å². The Morgan fingerprint density at radius 1 is 1.10 bits per heavy atom. The highest BCUT2D eigenvalue weighted by atomic mass is 16.6. The van der Waals surface area contributed by atoms with Crippen molar-refractivity contribution in [1.29, 1.82) is 15.8 Å². The first kappa shape index (κ1) is 6.55. The monoisotopic (exact) mass is 133 g/mol. The van der Waals surface area contributed by atoms with Gasteiger partial charge in [-0.15, -0.1) is 0 Å². The van der Waals surface area contributed by atoms with Crippen LogP contribution < -0.4 is 0 Å². The van der Waals surface area contributed by atoms with Crippen LogP contribution in [0.4, 0.5) is 0 Å². The summed E-state index contributed by atoms with van der Waals surface area (Å²) in [6.45, 7) is 1.42. The van der Waals surface area contributed by atoms with E-state index in [-0.39, 0.29) is 0 Å². The predicted molar refractivity (Wildman–Crippen MR) is 29.1 cm³/mol. The first-order valence-corrected chi connectivity index (χ1v) is 2.58. The molecule has 4 heteroatoms. The molecule has 0 spiro atoms. The summed E-state index contributed by atoms with van der Waals surface area (Å²) in [6, 6.07) is 5.02. The van der Waals surface area contributed by atoms with Gasteiger partial charge >= 0.3 is 0 Å². The summed E-state index contributed by atoms with van der Waals surface area (Å²) in [7, 11) is 0. The number of ether oxygens (including phenoxy) is 1. The van der Waals surface area contributed by atoms with Crippen LogP contribution in [0.3, 0.4) is 0 Å². The second kappa shape index (κ2) is 1.48. The Kier molecular flexibility index (Phi) is 0.966. The van der Waals surface area contributed by atoms with Gasteiger partial charge in [-0.1, -0.05) is 0 Å². The zero-order chi connectivity index (χ0) is 7.83. The Labute approximate surface area is 57.8 Å². The van der Waals surface area contributed by atoms with E-state index in [1.807, 2.05) is 0 Å². The molecule has 1 unspecified atom stereocenters. The van der Waals surface area contributed by atoms with Crippen LogP contribution in [0.5, 0.6) is 0 Å². The lowest BCUT2D eigenvalue weighted by Crippen LogP contribution is -2.17. The van der Waals surface area contributed by atoms with Gasteiger partial charge in [0, 0.05) is 0 Å². The minimum absolute atomic E-state index is 1.21. The lowest BCUT2D eigenvalue weighted by molar-refractivity contribution is 0.343. The van der Waals surface area contributed by atoms with Crippen LogP contribution in [-0.2, 0) is 4.74 Å². The molecule has 1 rings (SSSR count). The van der Waals surface area contributed by atoms with Crippen molar-refractivity contribution < 1.29 is 4.74 Å². The summed E-state index contributed by atoms with van der Waals surface area (Å²) >= 11 is 0. The maximum atomic E-state index is 8.39. The number of hydrogen-bond acceptors (Lipinski definition) is 4. The summed E-state index contributed by atoms with van der Waals surface area (Å²) in [6.07, 6.45) is 0. The van der Waals surface area contributed by atoms with Gasteiger partial charge in [0.15, 0.2) is 0 Å². The van der Waals surface area contributed by atoms with Gasteiger partial charge in [-0.2, -0.15) is 15.8 Å². The second-order valence-corrected chi connectivity index (χ2v) is 2.15. The number of epoxide rings is 1. The molecule has 1 saturated heterocycles. The minimum atomic E-state index is -1.51. The number of hydrogen-bond donors (Lipinski definition) is 0. The molecule has 0 aromatic carbocycles. The van der Waals surface area contributed by atoms with E-state index in [4.69, 9.17) is 15.8 Å². The van der Waals surface area contributed by atoms with Gasteiger partial charge in [-0.25, -0.2) is 0 Å². The molecule has 0 amide bonds. The molecule has 1 heterocycles. The van der Waals surface area contributed by atoms with Crippen molar-refractivity contribution in [2.75, 3.05) is 0 Å². The molecule has 48 valence electrons. The zero-order valence-electron chi connectivity index (χ0n) is 5.25. The SMILES string of the molecule is CC1(C#N)OC1(C#N)C#N. The van der Waals surface area contributed by atoms with Gasteiger partial charge in [-0.3, -0.25) is 0 Å². The van der Waals surface area contributed by atoms with E-state index in [2.05, 4.69) is 4.74 Å². The van der Waals surface area contributed by atoms with E-state index in [9.17, 15) is 0 Å². The normalized spacial score (nSPS) is 33.0. The van der Waals surface area contributed by atoms with Gasteiger partial charge in [0.2, 0.25) is 5.60 Å². The maximum absolute atomic E-state index is 8.39. The van der Waals surface area contributed by atoms with Crippen LogP contribution >= 0.6 is 0 Å². The van der Waals surface area contributed by atoms with E-state index in [1.54, 1.807) is 18.2 Å². The van der Waals surface area contributed by atoms with Crippen molar-refractivity contribution in [3.8, 4) is 18.2 Å². The van der Waals surface area contributed by atoms with E-state index >= 15 is 0 Å². The molecule has 0 saturated carbocycles. The van der Waals surface area contributed by atoms with E-state index in [1.165, 1.54) is 6.92 Å². The number of rotatable bonds is 0. The van der Waals surface area contributed by atoms with Crippen molar-refractivity contribution in [3.05, 3.63) is 0 Å². The smallest absolute Gasteiger partial charge is 0.285 e. The Balaban J connectivity index is 2.98. The topological polar surface area (TPSA) is 83.9 Å². The van der Waals surface area contributed by atoms with Crippen LogP contribution in [0.15, 0.2) is 0 Å². The Morgan fingerprint density at radius 2 is 1.60 bits per heavy atom. The minimum Gasteiger partial charge on any atom is -0.318 e. The van der Waals surface area contributed by atoms with Crippen molar-refractivity contribution in [1.82, 2.24) is 0 Å². The van der Waals surface area contributed by atoms with E-state index in [0.717, 1.165) is 0 Å². The average Bonchev–Trinajstić information content (AvgIpc) is 2.59. The third kappa shape index (κ3) is 0.454. The van der Waals surface area contributed by atoms with Crippen LogP contribution in [0.1, 0.15) is 6.92 Å².